The van der Waals surface area contributed by atoms with E-state index in [1.165, 1.54) is 0 Å². The third kappa shape index (κ3) is 3.35. The fourth-order valence-electron chi connectivity index (χ4n) is 0.127. The highest BCUT2D eigenvalue weighted by atomic mass is 32.2. The summed E-state index contributed by atoms with van der Waals surface area (Å²) in [5, 5.41) is 0.444. The number of methoxy groups -OCH3 is 1. The van der Waals surface area contributed by atoms with Gasteiger partial charge >= 0.3 is 5.97 Å². The molecule has 0 aliphatic rings. The van der Waals surface area contributed by atoms with E-state index in [0.717, 1.165) is 7.11 Å². The molecule has 0 spiro atoms. The fourth-order valence-corrected chi connectivity index (χ4v) is 0.380. The average molecular weight is 136 g/mol. The molecule has 0 aliphatic carbocycles. The van der Waals surface area contributed by atoms with Gasteiger partial charge in [0, 0.05) is 0 Å². The number of ether oxygens (including phenoxy) is 1. The second kappa shape index (κ2) is 3.20. The van der Waals surface area contributed by atoms with Gasteiger partial charge in [-0.15, -0.1) is 0 Å². The largest absolute Gasteiger partial charge is 0.465 e. The normalized spacial score (nSPS) is 7.62. The Labute approximate surface area is 47.6 Å². The van der Waals surface area contributed by atoms with E-state index in [1.54, 1.807) is 0 Å². The highest BCUT2D eigenvalue weighted by Gasteiger charge is 1.89. The number of hydrogen-bond acceptors (Lipinski definition) is 4. The third-order valence-corrected chi connectivity index (χ3v) is 0.779. The summed E-state index contributed by atoms with van der Waals surface area (Å²) in [6.07, 6.45) is 0. The molecule has 0 N–H and O–H groups in total. The first-order chi connectivity index (χ1) is 3.66. The molecule has 0 aromatic heterocycles. The molecule has 0 aliphatic heterocycles. The summed E-state index contributed by atoms with van der Waals surface area (Å²) in [5.74, 6) is -0.863. The van der Waals surface area contributed by atoms with Crippen LogP contribution in [0.4, 0.5) is 0 Å². The number of carbonyl (C=O) groups is 1. The van der Waals surface area contributed by atoms with E-state index in [-0.39, 0.29) is 0 Å². The minimum Gasteiger partial charge on any atom is -0.465 e. The molecule has 0 rings (SSSR count). The van der Waals surface area contributed by atoms with Gasteiger partial charge in [-0.2, -0.15) is 8.42 Å². The van der Waals surface area contributed by atoms with Crippen LogP contribution < -0.4 is 0 Å². The SMILES string of the molecule is COC(=O)C=S(=O)=O. The Bertz CT molecular complexity index is 191. The first-order valence-electron chi connectivity index (χ1n) is 1.67. The molecule has 4 nitrogen and oxygen atoms in total. The third-order valence-electron chi connectivity index (χ3n) is 0.394. The lowest BCUT2D eigenvalue weighted by Gasteiger charge is -1.81. The second-order valence-electron chi connectivity index (χ2n) is 0.902. The molecule has 0 aromatic carbocycles. The molecule has 8 heavy (non-hydrogen) atoms. The molecule has 0 amide bonds. The van der Waals surface area contributed by atoms with E-state index in [4.69, 9.17) is 0 Å². The van der Waals surface area contributed by atoms with Gasteiger partial charge in [0.25, 0.3) is 0 Å². The highest BCUT2D eigenvalue weighted by molar-refractivity contribution is 7.73. The Morgan fingerprint density at radius 2 is 2.12 bits per heavy atom. The molecule has 5 heteroatoms. The van der Waals surface area contributed by atoms with Crippen molar-refractivity contribution in [1.29, 1.82) is 0 Å². The van der Waals surface area contributed by atoms with Crippen LogP contribution >= 0.6 is 0 Å². The smallest absolute Gasteiger partial charge is 0.346 e. The van der Waals surface area contributed by atoms with Gasteiger partial charge < -0.3 is 4.74 Å². The zero-order chi connectivity index (χ0) is 6.57. The Morgan fingerprint density at radius 1 is 1.62 bits per heavy atom. The molecule has 0 atom stereocenters. The van der Waals surface area contributed by atoms with Crippen molar-refractivity contribution in [3.63, 3.8) is 0 Å². The summed E-state index contributed by atoms with van der Waals surface area (Å²) in [4.78, 5) is 9.95. The van der Waals surface area contributed by atoms with Gasteiger partial charge in [-0.25, -0.2) is 4.79 Å². The van der Waals surface area contributed by atoms with Gasteiger partial charge in [-0.05, 0) is 0 Å². The van der Waals surface area contributed by atoms with E-state index in [1.807, 2.05) is 0 Å². The standard InChI is InChI=1S/C3H4O4S/c1-7-3(4)2-8(5)6/h2H,1H3. The van der Waals surface area contributed by atoms with Crippen LogP contribution in [0.2, 0.25) is 0 Å². The number of esters is 1. The van der Waals surface area contributed by atoms with E-state index < -0.39 is 16.3 Å². The minimum atomic E-state index is -2.45. The maximum atomic E-state index is 9.95. The predicted octanol–water partition coefficient (Wildman–Crippen LogP) is -1.16. The maximum absolute atomic E-state index is 9.95. The van der Waals surface area contributed by atoms with Crippen LogP contribution in [0.25, 0.3) is 0 Å². The monoisotopic (exact) mass is 136 g/mol. The Balaban J connectivity index is 4.12. The van der Waals surface area contributed by atoms with Crippen LogP contribution in [0.5, 0.6) is 0 Å². The second-order valence-corrected chi connectivity index (χ2v) is 1.66. The topological polar surface area (TPSA) is 60.4 Å². The lowest BCUT2D eigenvalue weighted by Crippen LogP contribution is -2.00. The summed E-state index contributed by atoms with van der Waals surface area (Å²) >= 11 is 0. The molecule has 0 saturated carbocycles. The molecule has 46 valence electrons. The van der Waals surface area contributed by atoms with Crippen LogP contribution in [-0.2, 0) is 19.8 Å². The van der Waals surface area contributed by atoms with Crippen molar-refractivity contribution in [3.05, 3.63) is 0 Å². The molecule has 0 saturated heterocycles. The average Bonchev–Trinajstić information content (AvgIpc) is 1.65. The number of hydrogen-bond donors (Lipinski definition) is 0. The Kier molecular flexibility index (Phi) is 2.86. The Morgan fingerprint density at radius 3 is 2.25 bits per heavy atom. The van der Waals surface area contributed by atoms with Crippen molar-refractivity contribution in [2.45, 2.75) is 0 Å². The predicted molar refractivity (Wildman–Crippen MR) is 27.0 cm³/mol. The van der Waals surface area contributed by atoms with Crippen LogP contribution in [0.15, 0.2) is 0 Å². The molecule has 0 fully saturated rings. The number of carbonyl (C=O) groups excluding carboxylic acids is 1. The maximum Gasteiger partial charge on any atom is 0.346 e. The van der Waals surface area contributed by atoms with Gasteiger partial charge in [-0.1, -0.05) is 0 Å². The summed E-state index contributed by atoms with van der Waals surface area (Å²) in [6, 6.07) is 0. The van der Waals surface area contributed by atoms with Crippen molar-refractivity contribution in [2.75, 3.05) is 7.11 Å². The van der Waals surface area contributed by atoms with Gasteiger partial charge in [0.2, 0.25) is 10.3 Å². The first kappa shape index (κ1) is 7.16. The zero-order valence-electron chi connectivity index (χ0n) is 4.12. The van der Waals surface area contributed by atoms with Crippen molar-refractivity contribution < 1.29 is 17.9 Å². The fraction of sp³-hybridized carbons (Fsp3) is 0.333. The van der Waals surface area contributed by atoms with E-state index in [2.05, 4.69) is 4.74 Å². The lowest BCUT2D eigenvalue weighted by atomic mass is 10.8. The molecule has 0 radical (unpaired) electrons. The quantitative estimate of drug-likeness (QED) is 0.337. The number of rotatable bonds is 1. The lowest BCUT2D eigenvalue weighted by molar-refractivity contribution is -0.131. The van der Waals surface area contributed by atoms with E-state index in [0.29, 0.717) is 5.37 Å². The van der Waals surface area contributed by atoms with Crippen LogP contribution in [-0.4, -0.2) is 26.9 Å². The molecule has 0 heterocycles. The van der Waals surface area contributed by atoms with E-state index in [9.17, 15) is 13.2 Å². The van der Waals surface area contributed by atoms with Crippen molar-refractivity contribution in [2.24, 2.45) is 0 Å². The van der Waals surface area contributed by atoms with Gasteiger partial charge in [0.15, 0.2) is 0 Å². The summed E-state index contributed by atoms with van der Waals surface area (Å²) < 4.78 is 23.2. The highest BCUT2D eigenvalue weighted by Crippen LogP contribution is 1.61. The van der Waals surface area contributed by atoms with Crippen molar-refractivity contribution in [1.82, 2.24) is 0 Å². The molecule has 0 unspecified atom stereocenters. The summed E-state index contributed by atoms with van der Waals surface area (Å²) in [6.45, 7) is 0. The molecule has 0 bridgehead atoms. The van der Waals surface area contributed by atoms with E-state index >= 15 is 0 Å². The summed E-state index contributed by atoms with van der Waals surface area (Å²) in [7, 11) is -1.34. The van der Waals surface area contributed by atoms with Gasteiger partial charge in [-0.3, -0.25) is 0 Å². The van der Waals surface area contributed by atoms with Crippen LogP contribution in [0.3, 0.4) is 0 Å². The minimum absolute atomic E-state index is 0.444. The van der Waals surface area contributed by atoms with Gasteiger partial charge in [0.1, 0.15) is 5.37 Å². The molecular formula is C3H4O4S. The van der Waals surface area contributed by atoms with Gasteiger partial charge in [0.05, 0.1) is 7.11 Å². The van der Waals surface area contributed by atoms with Crippen molar-refractivity contribution >= 4 is 21.6 Å². The van der Waals surface area contributed by atoms with Crippen LogP contribution in [0.1, 0.15) is 0 Å². The molecular weight excluding hydrogens is 132 g/mol. The zero-order valence-corrected chi connectivity index (χ0v) is 4.94. The Hall–Kier alpha value is -0.840. The van der Waals surface area contributed by atoms with Crippen LogP contribution in [0, 0.1) is 0 Å². The van der Waals surface area contributed by atoms with Crippen molar-refractivity contribution in [3.8, 4) is 0 Å². The molecule has 0 aromatic rings. The summed E-state index contributed by atoms with van der Waals surface area (Å²) in [5.41, 5.74) is 0. The first-order valence-corrected chi connectivity index (χ1v) is 2.81.